The van der Waals surface area contributed by atoms with Gasteiger partial charge in [0.25, 0.3) is 5.91 Å². The third-order valence-corrected chi connectivity index (χ3v) is 3.85. The fourth-order valence-corrected chi connectivity index (χ4v) is 2.75. The van der Waals surface area contributed by atoms with Crippen LogP contribution in [0.5, 0.6) is 0 Å². The molecule has 0 saturated heterocycles. The lowest BCUT2D eigenvalue weighted by Gasteiger charge is -2.04. The maximum absolute atomic E-state index is 11.9. The van der Waals surface area contributed by atoms with Crippen molar-refractivity contribution in [2.24, 2.45) is 4.99 Å². The molecule has 0 aromatic heterocycles. The van der Waals surface area contributed by atoms with Crippen LogP contribution in [-0.2, 0) is 5.75 Å². The monoisotopic (exact) mass is 266 g/mol. The van der Waals surface area contributed by atoms with Gasteiger partial charge in [-0.1, -0.05) is 23.9 Å². The van der Waals surface area contributed by atoms with Crippen molar-refractivity contribution in [3.8, 4) is 0 Å². The molecular formula is C12H14N2OS2. The van der Waals surface area contributed by atoms with Gasteiger partial charge in [-0.3, -0.25) is 9.79 Å². The fraction of sp³-hybridized carbons (Fsp3) is 0.333. The highest BCUT2D eigenvalue weighted by atomic mass is 32.2. The van der Waals surface area contributed by atoms with E-state index in [1.807, 2.05) is 24.3 Å². The van der Waals surface area contributed by atoms with Crippen LogP contribution in [0, 0.1) is 0 Å². The fourth-order valence-electron chi connectivity index (χ4n) is 1.50. The van der Waals surface area contributed by atoms with E-state index in [2.05, 4.69) is 16.6 Å². The van der Waals surface area contributed by atoms with E-state index in [4.69, 9.17) is 0 Å². The highest BCUT2D eigenvalue weighted by Crippen LogP contribution is 2.12. The Morgan fingerprint density at radius 2 is 2.24 bits per heavy atom. The normalized spacial score (nSPS) is 14.5. The average molecular weight is 266 g/mol. The van der Waals surface area contributed by atoms with E-state index in [-0.39, 0.29) is 5.91 Å². The smallest absolute Gasteiger partial charge is 0.257 e. The second kappa shape index (κ2) is 6.12. The maximum Gasteiger partial charge on any atom is 0.257 e. The molecule has 2 rings (SSSR count). The Labute approximate surface area is 109 Å². The molecule has 0 radical (unpaired) electrons. The quantitative estimate of drug-likeness (QED) is 0.913. The Morgan fingerprint density at radius 3 is 2.82 bits per heavy atom. The number of rotatable bonds is 3. The number of hydrogen-bond donors (Lipinski definition) is 1. The molecule has 0 saturated carbocycles. The van der Waals surface area contributed by atoms with Gasteiger partial charge in [0.15, 0.2) is 5.17 Å². The Morgan fingerprint density at radius 1 is 1.47 bits per heavy atom. The van der Waals surface area contributed by atoms with E-state index < -0.39 is 0 Å². The predicted molar refractivity (Wildman–Crippen MR) is 75.9 cm³/mol. The van der Waals surface area contributed by atoms with Gasteiger partial charge in [-0.15, -0.1) is 0 Å². The first kappa shape index (κ1) is 12.5. The first-order valence-corrected chi connectivity index (χ1v) is 7.74. The summed E-state index contributed by atoms with van der Waals surface area (Å²) in [5.74, 6) is 1.86. The summed E-state index contributed by atoms with van der Waals surface area (Å²) in [6.07, 6.45) is 2.07. The molecule has 1 aromatic rings. The highest BCUT2D eigenvalue weighted by molar-refractivity contribution is 8.14. The van der Waals surface area contributed by atoms with Gasteiger partial charge in [-0.2, -0.15) is 11.8 Å². The second-order valence-corrected chi connectivity index (χ2v) is 5.57. The van der Waals surface area contributed by atoms with Gasteiger partial charge in [-0.25, -0.2) is 0 Å². The van der Waals surface area contributed by atoms with Crippen molar-refractivity contribution < 1.29 is 4.79 Å². The van der Waals surface area contributed by atoms with Crippen molar-refractivity contribution >= 4 is 34.6 Å². The van der Waals surface area contributed by atoms with Crippen molar-refractivity contribution in [3.05, 3.63) is 35.4 Å². The Hall–Kier alpha value is -0.940. The average Bonchev–Trinajstić information content (AvgIpc) is 2.83. The Bertz CT molecular complexity index is 429. The van der Waals surface area contributed by atoms with Crippen molar-refractivity contribution in [3.63, 3.8) is 0 Å². The van der Waals surface area contributed by atoms with E-state index in [1.165, 1.54) is 5.56 Å². The van der Waals surface area contributed by atoms with Crippen molar-refractivity contribution in [1.82, 2.24) is 5.32 Å². The van der Waals surface area contributed by atoms with E-state index in [0.29, 0.717) is 5.56 Å². The molecule has 90 valence electrons. The molecule has 1 N–H and O–H groups in total. The van der Waals surface area contributed by atoms with Crippen LogP contribution in [0.25, 0.3) is 0 Å². The summed E-state index contributed by atoms with van der Waals surface area (Å²) in [5.41, 5.74) is 1.92. The van der Waals surface area contributed by atoms with Crippen molar-refractivity contribution in [2.45, 2.75) is 5.75 Å². The first-order valence-electron chi connectivity index (χ1n) is 5.36. The van der Waals surface area contributed by atoms with Crippen LogP contribution >= 0.6 is 23.5 Å². The van der Waals surface area contributed by atoms with Gasteiger partial charge in [-0.05, 0) is 24.0 Å². The number of hydrogen-bond acceptors (Lipinski definition) is 4. The number of nitrogens with one attached hydrogen (secondary N) is 1. The van der Waals surface area contributed by atoms with Crippen LogP contribution in [0.4, 0.5) is 0 Å². The molecule has 1 heterocycles. The number of amidine groups is 1. The largest absolute Gasteiger partial charge is 0.301 e. The number of thioether (sulfide) groups is 2. The molecule has 1 amide bonds. The van der Waals surface area contributed by atoms with Crippen LogP contribution in [0.1, 0.15) is 15.9 Å². The minimum absolute atomic E-state index is 0.0751. The molecule has 0 spiro atoms. The Balaban J connectivity index is 1.98. The van der Waals surface area contributed by atoms with E-state index in [0.717, 1.165) is 23.2 Å². The molecule has 5 heteroatoms. The summed E-state index contributed by atoms with van der Waals surface area (Å²) in [6, 6.07) is 7.71. The van der Waals surface area contributed by atoms with Crippen LogP contribution in [-0.4, -0.2) is 29.6 Å². The predicted octanol–water partition coefficient (Wildman–Crippen LogP) is 2.38. The first-order chi connectivity index (χ1) is 8.29. The zero-order chi connectivity index (χ0) is 12.1. The molecule has 17 heavy (non-hydrogen) atoms. The molecule has 0 fully saturated rings. The number of nitrogens with zero attached hydrogens (tertiary/aromatic N) is 1. The van der Waals surface area contributed by atoms with Gasteiger partial charge >= 0.3 is 0 Å². The van der Waals surface area contributed by atoms with Crippen LogP contribution < -0.4 is 5.32 Å². The SMILES string of the molecule is CSCc1ccc(C(=O)NC2=NCCS2)cc1. The van der Waals surface area contributed by atoms with Crippen LogP contribution in [0.2, 0.25) is 0 Å². The van der Waals surface area contributed by atoms with Gasteiger partial charge in [0, 0.05) is 17.1 Å². The summed E-state index contributed by atoms with van der Waals surface area (Å²) >= 11 is 3.36. The molecule has 1 aliphatic rings. The zero-order valence-electron chi connectivity index (χ0n) is 9.60. The lowest BCUT2D eigenvalue weighted by atomic mass is 10.1. The third-order valence-electron chi connectivity index (χ3n) is 2.33. The molecule has 1 aromatic carbocycles. The minimum atomic E-state index is -0.0751. The molecule has 3 nitrogen and oxygen atoms in total. The number of carbonyl (C=O) groups is 1. The summed E-state index contributed by atoms with van der Waals surface area (Å²) in [6.45, 7) is 0.799. The van der Waals surface area contributed by atoms with Gasteiger partial charge < -0.3 is 5.32 Å². The lowest BCUT2D eigenvalue weighted by Crippen LogP contribution is -2.27. The summed E-state index contributed by atoms with van der Waals surface area (Å²) < 4.78 is 0. The topological polar surface area (TPSA) is 41.5 Å². The molecule has 0 unspecified atom stereocenters. The van der Waals surface area contributed by atoms with Crippen molar-refractivity contribution in [1.29, 1.82) is 0 Å². The van der Waals surface area contributed by atoms with Gasteiger partial charge in [0.2, 0.25) is 0 Å². The number of amides is 1. The molecular weight excluding hydrogens is 252 g/mol. The summed E-state index contributed by atoms with van der Waals surface area (Å²) in [5, 5.41) is 3.55. The van der Waals surface area contributed by atoms with E-state index >= 15 is 0 Å². The van der Waals surface area contributed by atoms with Gasteiger partial charge in [0.1, 0.15) is 0 Å². The van der Waals surface area contributed by atoms with E-state index in [9.17, 15) is 4.79 Å². The second-order valence-electron chi connectivity index (χ2n) is 3.62. The molecule has 0 bridgehead atoms. The standard InChI is InChI=1S/C12H14N2OS2/c1-16-8-9-2-4-10(5-3-9)11(15)14-12-13-6-7-17-12/h2-5H,6-8H2,1H3,(H,13,14,15). The number of benzene rings is 1. The molecule has 0 atom stereocenters. The third kappa shape index (κ3) is 3.51. The Kier molecular flexibility index (Phi) is 4.50. The number of carbonyl (C=O) groups excluding carboxylic acids is 1. The summed E-state index contributed by atoms with van der Waals surface area (Å²) in [7, 11) is 0. The molecule has 1 aliphatic heterocycles. The van der Waals surface area contributed by atoms with Crippen LogP contribution in [0.15, 0.2) is 29.3 Å². The van der Waals surface area contributed by atoms with Crippen molar-refractivity contribution in [2.75, 3.05) is 18.6 Å². The van der Waals surface area contributed by atoms with Gasteiger partial charge in [0.05, 0.1) is 6.54 Å². The van der Waals surface area contributed by atoms with Crippen LogP contribution in [0.3, 0.4) is 0 Å². The maximum atomic E-state index is 11.9. The highest BCUT2D eigenvalue weighted by Gasteiger charge is 2.12. The van der Waals surface area contributed by atoms with E-state index in [1.54, 1.807) is 23.5 Å². The summed E-state index contributed by atoms with van der Waals surface area (Å²) in [4.78, 5) is 16.1. The lowest BCUT2D eigenvalue weighted by molar-refractivity contribution is 0.0978. The minimum Gasteiger partial charge on any atom is -0.301 e. The number of aliphatic imine (C=N–C) groups is 1. The molecule has 0 aliphatic carbocycles. The zero-order valence-corrected chi connectivity index (χ0v) is 11.2.